The van der Waals surface area contributed by atoms with E-state index in [0.29, 0.717) is 25.9 Å². The molecule has 0 unspecified atom stereocenters. The van der Waals surface area contributed by atoms with Crippen LogP contribution in [0.5, 0.6) is 5.75 Å². The van der Waals surface area contributed by atoms with E-state index >= 15 is 0 Å². The molecule has 32 heavy (non-hydrogen) atoms. The Balaban J connectivity index is 1.65. The molecule has 3 aromatic rings. The Labute approximate surface area is 190 Å². The summed E-state index contributed by atoms with van der Waals surface area (Å²) < 4.78 is 5.17. The number of ether oxygens (including phenoxy) is 1. The maximum absolute atomic E-state index is 13.1. The van der Waals surface area contributed by atoms with E-state index in [4.69, 9.17) is 4.74 Å². The van der Waals surface area contributed by atoms with E-state index in [2.05, 4.69) is 5.32 Å². The average Bonchev–Trinajstić information content (AvgIpc) is 2.85. The molecule has 0 aliphatic rings. The summed E-state index contributed by atoms with van der Waals surface area (Å²) in [5, 5.41) is 2.96. The van der Waals surface area contributed by atoms with Crippen LogP contribution in [0, 0.1) is 0 Å². The molecule has 5 nitrogen and oxygen atoms in total. The van der Waals surface area contributed by atoms with E-state index in [1.54, 1.807) is 18.9 Å². The number of aryl methyl sites for hydroxylation is 1. The maximum atomic E-state index is 13.1. The van der Waals surface area contributed by atoms with Crippen molar-refractivity contribution in [3.8, 4) is 5.75 Å². The molecular weight excluding hydrogens is 400 g/mol. The molecule has 1 N–H and O–H groups in total. The molecule has 3 rings (SSSR count). The van der Waals surface area contributed by atoms with Crippen LogP contribution in [0.2, 0.25) is 0 Å². The Hall–Kier alpha value is -3.60. The predicted molar refractivity (Wildman–Crippen MR) is 126 cm³/mol. The van der Waals surface area contributed by atoms with Gasteiger partial charge in [0.25, 0.3) is 0 Å². The van der Waals surface area contributed by atoms with Crippen LogP contribution in [-0.4, -0.2) is 29.9 Å². The van der Waals surface area contributed by atoms with Crippen molar-refractivity contribution in [3.63, 3.8) is 0 Å². The largest absolute Gasteiger partial charge is 0.497 e. The predicted octanol–water partition coefficient (Wildman–Crippen LogP) is 4.36. The Bertz CT molecular complexity index is 988. The number of carbonyl (C=O) groups is 2. The summed E-state index contributed by atoms with van der Waals surface area (Å²) in [7, 11) is 1.62. The lowest BCUT2D eigenvalue weighted by Gasteiger charge is -2.29. The number of benzene rings is 3. The zero-order chi connectivity index (χ0) is 22.8. The number of hydrogen-bond acceptors (Lipinski definition) is 3. The highest BCUT2D eigenvalue weighted by Gasteiger charge is 2.25. The molecule has 0 heterocycles. The highest BCUT2D eigenvalue weighted by Crippen LogP contribution is 2.14. The number of amides is 2. The monoisotopic (exact) mass is 430 g/mol. The molecule has 3 aromatic carbocycles. The first kappa shape index (κ1) is 23.1. The standard InChI is InChI=1S/C27H30N2O3/c1-21(27(31)28-19-23-13-16-25(32-2)17-14-23)29(20-24-11-7-4-8-12-24)26(30)18-15-22-9-5-3-6-10-22/h3-14,16-17,21H,15,18-20H2,1-2H3,(H,28,31)/t21-/m0/s1. The summed E-state index contributed by atoms with van der Waals surface area (Å²) in [6, 6.07) is 26.7. The van der Waals surface area contributed by atoms with Gasteiger partial charge in [-0.1, -0.05) is 72.8 Å². The molecular formula is C27H30N2O3. The molecule has 0 aliphatic heterocycles. The van der Waals surface area contributed by atoms with Crippen molar-refractivity contribution in [3.05, 3.63) is 102 Å². The number of hydrogen-bond donors (Lipinski definition) is 1. The number of nitrogens with one attached hydrogen (secondary N) is 1. The van der Waals surface area contributed by atoms with Crippen LogP contribution < -0.4 is 10.1 Å². The SMILES string of the molecule is COc1ccc(CNC(=O)[C@H](C)N(Cc2ccccc2)C(=O)CCc2ccccc2)cc1. The van der Waals surface area contributed by atoms with Crippen molar-refractivity contribution in [1.29, 1.82) is 0 Å². The lowest BCUT2D eigenvalue weighted by atomic mass is 10.1. The quantitative estimate of drug-likeness (QED) is 0.520. The zero-order valence-corrected chi connectivity index (χ0v) is 18.7. The van der Waals surface area contributed by atoms with E-state index < -0.39 is 6.04 Å². The molecule has 0 bridgehead atoms. The van der Waals surface area contributed by atoms with Crippen LogP contribution in [0.25, 0.3) is 0 Å². The molecule has 0 fully saturated rings. The second-order valence-electron chi connectivity index (χ2n) is 7.73. The van der Waals surface area contributed by atoms with Gasteiger partial charge < -0.3 is 15.0 Å². The Morgan fingerprint density at radius 1 is 0.844 bits per heavy atom. The molecule has 0 spiro atoms. The summed E-state index contributed by atoms with van der Waals surface area (Å²) in [5.74, 6) is 0.557. The van der Waals surface area contributed by atoms with Gasteiger partial charge in [-0.25, -0.2) is 0 Å². The summed E-state index contributed by atoms with van der Waals surface area (Å²) in [6.45, 7) is 2.57. The minimum absolute atomic E-state index is 0.0372. The highest BCUT2D eigenvalue weighted by molar-refractivity contribution is 5.87. The van der Waals surface area contributed by atoms with Crippen LogP contribution in [0.3, 0.4) is 0 Å². The van der Waals surface area contributed by atoms with Crippen LogP contribution in [0.1, 0.15) is 30.0 Å². The fraction of sp³-hybridized carbons (Fsp3) is 0.259. The van der Waals surface area contributed by atoms with Crippen LogP contribution in [0.15, 0.2) is 84.9 Å². The molecule has 0 saturated heterocycles. The van der Waals surface area contributed by atoms with E-state index in [1.165, 1.54) is 0 Å². The first-order chi connectivity index (χ1) is 15.6. The summed E-state index contributed by atoms with van der Waals surface area (Å²) >= 11 is 0. The third-order valence-corrected chi connectivity index (χ3v) is 5.46. The molecule has 0 aliphatic carbocycles. The van der Waals surface area contributed by atoms with Crippen molar-refractivity contribution in [1.82, 2.24) is 10.2 Å². The number of carbonyl (C=O) groups excluding carboxylic acids is 2. The third kappa shape index (κ3) is 6.71. The molecule has 1 atom stereocenters. The first-order valence-corrected chi connectivity index (χ1v) is 10.8. The normalized spacial score (nSPS) is 11.4. The lowest BCUT2D eigenvalue weighted by Crippen LogP contribution is -2.47. The summed E-state index contributed by atoms with van der Waals surface area (Å²) in [5.41, 5.74) is 3.07. The Kier molecular flexibility index (Phi) is 8.44. The number of methoxy groups -OCH3 is 1. The van der Waals surface area contributed by atoms with Crippen molar-refractivity contribution in [2.75, 3.05) is 7.11 Å². The lowest BCUT2D eigenvalue weighted by molar-refractivity contribution is -0.140. The fourth-order valence-electron chi connectivity index (χ4n) is 3.48. The molecule has 0 aromatic heterocycles. The van der Waals surface area contributed by atoms with Gasteiger partial charge in [-0.05, 0) is 42.2 Å². The minimum Gasteiger partial charge on any atom is -0.497 e. The Morgan fingerprint density at radius 3 is 2.03 bits per heavy atom. The van der Waals surface area contributed by atoms with Crippen molar-refractivity contribution in [2.24, 2.45) is 0 Å². The third-order valence-electron chi connectivity index (χ3n) is 5.46. The maximum Gasteiger partial charge on any atom is 0.242 e. The summed E-state index contributed by atoms with van der Waals surface area (Å²) in [6.07, 6.45) is 0.998. The van der Waals surface area contributed by atoms with Gasteiger partial charge >= 0.3 is 0 Å². The zero-order valence-electron chi connectivity index (χ0n) is 18.7. The second-order valence-corrected chi connectivity index (χ2v) is 7.73. The van der Waals surface area contributed by atoms with E-state index in [9.17, 15) is 9.59 Å². The van der Waals surface area contributed by atoms with Crippen LogP contribution in [0.4, 0.5) is 0 Å². The van der Waals surface area contributed by atoms with Gasteiger partial charge in [0, 0.05) is 19.5 Å². The topological polar surface area (TPSA) is 58.6 Å². The van der Waals surface area contributed by atoms with Gasteiger partial charge in [0.1, 0.15) is 11.8 Å². The van der Waals surface area contributed by atoms with Crippen molar-refractivity contribution in [2.45, 2.75) is 38.9 Å². The van der Waals surface area contributed by atoms with Gasteiger partial charge in [-0.15, -0.1) is 0 Å². The van der Waals surface area contributed by atoms with E-state index in [0.717, 1.165) is 22.4 Å². The molecule has 2 amide bonds. The average molecular weight is 431 g/mol. The van der Waals surface area contributed by atoms with E-state index in [1.807, 2.05) is 84.9 Å². The van der Waals surface area contributed by atoms with Gasteiger partial charge in [0.05, 0.1) is 7.11 Å². The summed E-state index contributed by atoms with van der Waals surface area (Å²) in [4.78, 5) is 27.7. The Morgan fingerprint density at radius 2 is 1.44 bits per heavy atom. The number of rotatable bonds is 10. The fourth-order valence-corrected chi connectivity index (χ4v) is 3.48. The van der Waals surface area contributed by atoms with Crippen LogP contribution in [-0.2, 0) is 29.1 Å². The molecule has 0 radical (unpaired) electrons. The van der Waals surface area contributed by atoms with E-state index in [-0.39, 0.29) is 11.8 Å². The van der Waals surface area contributed by atoms with Gasteiger partial charge in [-0.2, -0.15) is 0 Å². The van der Waals surface area contributed by atoms with Crippen molar-refractivity contribution < 1.29 is 14.3 Å². The number of nitrogens with zero attached hydrogens (tertiary/aromatic N) is 1. The first-order valence-electron chi connectivity index (χ1n) is 10.8. The molecule has 166 valence electrons. The minimum atomic E-state index is -0.586. The molecule has 5 heteroatoms. The van der Waals surface area contributed by atoms with Gasteiger partial charge in [-0.3, -0.25) is 9.59 Å². The second kappa shape index (κ2) is 11.7. The highest BCUT2D eigenvalue weighted by atomic mass is 16.5. The van der Waals surface area contributed by atoms with Crippen LogP contribution >= 0.6 is 0 Å². The van der Waals surface area contributed by atoms with Gasteiger partial charge in [0.15, 0.2) is 0 Å². The molecule has 0 saturated carbocycles. The van der Waals surface area contributed by atoms with Gasteiger partial charge in [0.2, 0.25) is 11.8 Å². The smallest absolute Gasteiger partial charge is 0.242 e. The van der Waals surface area contributed by atoms with Crippen molar-refractivity contribution >= 4 is 11.8 Å².